The van der Waals surface area contributed by atoms with Crippen LogP contribution in [-0.2, 0) is 16.1 Å². The Morgan fingerprint density at radius 1 is 1.35 bits per heavy atom. The van der Waals surface area contributed by atoms with Gasteiger partial charge in [-0.25, -0.2) is 0 Å². The van der Waals surface area contributed by atoms with Crippen molar-refractivity contribution in [2.24, 2.45) is 5.73 Å². The first kappa shape index (κ1) is 16.0. The minimum absolute atomic E-state index is 0.0328. The van der Waals surface area contributed by atoms with E-state index in [4.69, 9.17) is 11.5 Å². The Labute approximate surface area is 119 Å². The van der Waals surface area contributed by atoms with Gasteiger partial charge >= 0.3 is 0 Å². The predicted molar refractivity (Wildman–Crippen MR) is 78.6 cm³/mol. The normalized spacial score (nSPS) is 10.5. The third-order valence-electron chi connectivity index (χ3n) is 2.77. The first-order chi connectivity index (χ1) is 9.51. The van der Waals surface area contributed by atoms with Gasteiger partial charge in [0, 0.05) is 31.7 Å². The molecule has 0 radical (unpaired) electrons. The molecule has 0 saturated heterocycles. The van der Waals surface area contributed by atoms with Crippen molar-refractivity contribution < 1.29 is 9.59 Å². The molecule has 110 valence electrons. The van der Waals surface area contributed by atoms with Crippen LogP contribution in [0.25, 0.3) is 0 Å². The molecule has 20 heavy (non-hydrogen) atoms. The van der Waals surface area contributed by atoms with E-state index < -0.39 is 5.91 Å². The number of carbonyl (C=O) groups excluding carboxylic acids is 2. The van der Waals surface area contributed by atoms with E-state index in [0.29, 0.717) is 31.7 Å². The third kappa shape index (κ3) is 6.19. The number of hydrogen-bond donors (Lipinski definition) is 3. The first-order valence-electron chi connectivity index (χ1n) is 6.63. The zero-order valence-electron chi connectivity index (χ0n) is 11.8. The van der Waals surface area contributed by atoms with Gasteiger partial charge in [-0.05, 0) is 24.6 Å². The second-order valence-electron chi connectivity index (χ2n) is 4.63. The average Bonchev–Trinajstić information content (AvgIpc) is 2.36. The Morgan fingerprint density at radius 2 is 2.10 bits per heavy atom. The third-order valence-corrected chi connectivity index (χ3v) is 2.77. The molecule has 5 N–H and O–H groups in total. The Kier molecular flexibility index (Phi) is 6.52. The van der Waals surface area contributed by atoms with Crippen LogP contribution in [0.15, 0.2) is 24.3 Å². The molecule has 0 aliphatic carbocycles. The summed E-state index contributed by atoms with van der Waals surface area (Å²) in [6.07, 6.45) is 0.337. The van der Waals surface area contributed by atoms with E-state index in [1.54, 1.807) is 6.07 Å². The summed E-state index contributed by atoms with van der Waals surface area (Å²) in [5.41, 5.74) is 12.6. The SMILES string of the molecule is CCNC(=O)CCN(CC(N)=O)Cc1cccc(N)c1. The van der Waals surface area contributed by atoms with E-state index >= 15 is 0 Å². The van der Waals surface area contributed by atoms with Crippen molar-refractivity contribution in [3.05, 3.63) is 29.8 Å². The molecule has 2 amide bonds. The van der Waals surface area contributed by atoms with E-state index in [2.05, 4.69) is 5.32 Å². The highest BCUT2D eigenvalue weighted by atomic mass is 16.2. The van der Waals surface area contributed by atoms with Gasteiger partial charge in [-0.3, -0.25) is 14.5 Å². The summed E-state index contributed by atoms with van der Waals surface area (Å²) >= 11 is 0. The fraction of sp³-hybridized carbons (Fsp3) is 0.429. The second-order valence-corrected chi connectivity index (χ2v) is 4.63. The van der Waals surface area contributed by atoms with Crippen LogP contribution in [0.4, 0.5) is 5.69 Å². The molecular weight excluding hydrogens is 256 g/mol. The van der Waals surface area contributed by atoms with Crippen molar-refractivity contribution in [3.8, 4) is 0 Å². The zero-order chi connectivity index (χ0) is 15.0. The first-order valence-corrected chi connectivity index (χ1v) is 6.63. The number of benzene rings is 1. The molecule has 6 nitrogen and oxygen atoms in total. The molecule has 6 heteroatoms. The van der Waals surface area contributed by atoms with Gasteiger partial charge in [0.15, 0.2) is 0 Å². The lowest BCUT2D eigenvalue weighted by Gasteiger charge is -2.20. The minimum Gasteiger partial charge on any atom is -0.399 e. The van der Waals surface area contributed by atoms with Crippen LogP contribution >= 0.6 is 0 Å². The molecule has 1 rings (SSSR count). The number of primary amides is 1. The van der Waals surface area contributed by atoms with Gasteiger partial charge in [0.2, 0.25) is 11.8 Å². The number of anilines is 1. The molecule has 1 aromatic carbocycles. The van der Waals surface area contributed by atoms with Gasteiger partial charge in [0.1, 0.15) is 0 Å². The summed E-state index contributed by atoms with van der Waals surface area (Å²) in [5.74, 6) is -0.445. The monoisotopic (exact) mass is 278 g/mol. The summed E-state index contributed by atoms with van der Waals surface area (Å²) in [7, 11) is 0. The van der Waals surface area contributed by atoms with Gasteiger partial charge in [-0.2, -0.15) is 0 Å². The van der Waals surface area contributed by atoms with Gasteiger partial charge in [0.25, 0.3) is 0 Å². The molecule has 0 aliphatic heterocycles. The number of carbonyl (C=O) groups is 2. The van der Waals surface area contributed by atoms with Crippen molar-refractivity contribution in [1.29, 1.82) is 0 Å². The van der Waals surface area contributed by atoms with Gasteiger partial charge in [-0.15, -0.1) is 0 Å². The van der Waals surface area contributed by atoms with E-state index in [0.717, 1.165) is 5.56 Å². The van der Waals surface area contributed by atoms with Crippen molar-refractivity contribution in [2.45, 2.75) is 19.9 Å². The Bertz CT molecular complexity index is 462. The number of nitrogens with zero attached hydrogens (tertiary/aromatic N) is 1. The lowest BCUT2D eigenvalue weighted by Crippen LogP contribution is -2.36. The Hall–Kier alpha value is -2.08. The number of nitrogens with two attached hydrogens (primary N) is 2. The standard InChI is InChI=1S/C14H22N4O2/c1-2-17-14(20)6-7-18(10-13(16)19)9-11-4-3-5-12(15)8-11/h3-5,8H,2,6-7,9-10,15H2,1H3,(H2,16,19)(H,17,20). The maximum absolute atomic E-state index is 11.5. The van der Waals surface area contributed by atoms with Crippen LogP contribution in [0.1, 0.15) is 18.9 Å². The number of rotatable bonds is 8. The molecular formula is C14H22N4O2. The number of nitrogens with one attached hydrogen (secondary N) is 1. The molecule has 1 aromatic rings. The van der Waals surface area contributed by atoms with Gasteiger partial charge in [0.05, 0.1) is 6.54 Å². The average molecular weight is 278 g/mol. The lowest BCUT2D eigenvalue weighted by atomic mass is 10.2. The molecule has 0 bridgehead atoms. The number of nitrogen functional groups attached to an aromatic ring is 1. The fourth-order valence-electron chi connectivity index (χ4n) is 1.93. The van der Waals surface area contributed by atoms with Crippen LogP contribution in [0.2, 0.25) is 0 Å². The Balaban J connectivity index is 2.59. The van der Waals surface area contributed by atoms with Crippen LogP contribution < -0.4 is 16.8 Å². The molecule has 0 heterocycles. The highest BCUT2D eigenvalue weighted by Gasteiger charge is 2.11. The lowest BCUT2D eigenvalue weighted by molar-refractivity contribution is -0.123. The van der Waals surface area contributed by atoms with E-state index in [9.17, 15) is 9.59 Å². The Morgan fingerprint density at radius 3 is 2.70 bits per heavy atom. The highest BCUT2D eigenvalue weighted by Crippen LogP contribution is 2.09. The molecule has 0 aliphatic rings. The van der Waals surface area contributed by atoms with E-state index in [-0.39, 0.29) is 12.5 Å². The van der Waals surface area contributed by atoms with Crippen LogP contribution in [0.5, 0.6) is 0 Å². The summed E-state index contributed by atoms with van der Waals surface area (Å²) in [5, 5.41) is 2.73. The molecule has 0 spiro atoms. The van der Waals surface area contributed by atoms with Gasteiger partial charge < -0.3 is 16.8 Å². The second kappa shape index (κ2) is 8.16. The van der Waals surface area contributed by atoms with Crippen molar-refractivity contribution in [2.75, 3.05) is 25.4 Å². The zero-order valence-corrected chi connectivity index (χ0v) is 11.8. The smallest absolute Gasteiger partial charge is 0.231 e. The van der Waals surface area contributed by atoms with Crippen molar-refractivity contribution in [3.63, 3.8) is 0 Å². The summed E-state index contributed by atoms with van der Waals surface area (Å²) < 4.78 is 0. The number of amides is 2. The van der Waals surface area contributed by atoms with Crippen molar-refractivity contribution in [1.82, 2.24) is 10.2 Å². The molecule has 0 aromatic heterocycles. The van der Waals surface area contributed by atoms with E-state index in [1.807, 2.05) is 30.0 Å². The summed E-state index contributed by atoms with van der Waals surface area (Å²) in [4.78, 5) is 24.4. The molecule has 0 atom stereocenters. The largest absolute Gasteiger partial charge is 0.399 e. The van der Waals surface area contributed by atoms with E-state index in [1.165, 1.54) is 0 Å². The van der Waals surface area contributed by atoms with Crippen LogP contribution in [0, 0.1) is 0 Å². The van der Waals surface area contributed by atoms with Gasteiger partial charge in [-0.1, -0.05) is 12.1 Å². The van der Waals surface area contributed by atoms with Crippen LogP contribution in [0.3, 0.4) is 0 Å². The minimum atomic E-state index is -0.412. The highest BCUT2D eigenvalue weighted by molar-refractivity contribution is 5.77. The quantitative estimate of drug-likeness (QED) is 0.586. The summed E-state index contributed by atoms with van der Waals surface area (Å²) in [6, 6.07) is 7.43. The molecule has 0 saturated carbocycles. The topological polar surface area (TPSA) is 101 Å². The maximum Gasteiger partial charge on any atom is 0.231 e. The predicted octanol–water partition coefficient (Wildman–Crippen LogP) is 0.0823. The maximum atomic E-state index is 11.5. The fourth-order valence-corrected chi connectivity index (χ4v) is 1.93. The van der Waals surface area contributed by atoms with Crippen LogP contribution in [-0.4, -0.2) is 36.3 Å². The summed E-state index contributed by atoms with van der Waals surface area (Å²) in [6.45, 7) is 3.60. The molecule has 0 fully saturated rings. The molecule has 0 unspecified atom stereocenters. The van der Waals surface area contributed by atoms with Crippen molar-refractivity contribution >= 4 is 17.5 Å². The number of hydrogen-bond acceptors (Lipinski definition) is 4.